The molecule has 0 aromatic heterocycles. The SMILES string of the molecule is Cl.NCC1CCCCC1NS(=O)(=O)c1cc2c(cc1[N+](=O)[O-])OCCO2. The highest BCUT2D eigenvalue weighted by Crippen LogP contribution is 2.39. The molecular formula is C15H22ClN3O6S. The Morgan fingerprint density at radius 3 is 2.42 bits per heavy atom. The highest BCUT2D eigenvalue weighted by molar-refractivity contribution is 7.89. The van der Waals surface area contributed by atoms with Crippen LogP contribution in [0.25, 0.3) is 0 Å². The number of rotatable bonds is 5. The number of benzene rings is 1. The van der Waals surface area contributed by atoms with E-state index in [2.05, 4.69) is 4.72 Å². The number of hydrogen-bond donors (Lipinski definition) is 2. The Hall–Kier alpha value is -1.62. The van der Waals surface area contributed by atoms with Gasteiger partial charge in [-0.3, -0.25) is 10.1 Å². The van der Waals surface area contributed by atoms with Crippen molar-refractivity contribution in [2.24, 2.45) is 11.7 Å². The molecular weight excluding hydrogens is 386 g/mol. The van der Waals surface area contributed by atoms with Crippen LogP contribution in [0.4, 0.5) is 5.69 Å². The molecule has 1 aromatic carbocycles. The van der Waals surface area contributed by atoms with Gasteiger partial charge in [0.15, 0.2) is 16.4 Å². The monoisotopic (exact) mass is 407 g/mol. The van der Waals surface area contributed by atoms with Crippen LogP contribution in [0.15, 0.2) is 17.0 Å². The first-order valence-corrected chi connectivity index (χ1v) is 9.71. The first-order chi connectivity index (χ1) is 11.9. The minimum Gasteiger partial charge on any atom is -0.486 e. The molecule has 1 saturated carbocycles. The maximum atomic E-state index is 12.8. The Morgan fingerprint density at radius 2 is 1.81 bits per heavy atom. The number of nitro groups is 1. The van der Waals surface area contributed by atoms with Gasteiger partial charge in [0.2, 0.25) is 10.0 Å². The fourth-order valence-corrected chi connectivity index (χ4v) is 4.83. The van der Waals surface area contributed by atoms with Gasteiger partial charge >= 0.3 is 0 Å². The first-order valence-electron chi connectivity index (χ1n) is 8.23. The Balaban J connectivity index is 0.00000243. The maximum Gasteiger partial charge on any atom is 0.293 e. The fraction of sp³-hybridized carbons (Fsp3) is 0.600. The number of sulfonamides is 1. The largest absolute Gasteiger partial charge is 0.486 e. The van der Waals surface area contributed by atoms with Crippen molar-refractivity contribution in [1.82, 2.24) is 4.72 Å². The predicted molar refractivity (Wildman–Crippen MR) is 96.5 cm³/mol. The number of nitrogens with two attached hydrogens (primary N) is 1. The number of nitro benzene ring substituents is 1. The molecule has 0 amide bonds. The van der Waals surface area contributed by atoms with Crippen molar-refractivity contribution >= 4 is 28.1 Å². The van der Waals surface area contributed by atoms with Crippen LogP contribution in [0.2, 0.25) is 0 Å². The molecule has 3 N–H and O–H groups in total. The van der Waals surface area contributed by atoms with Crippen molar-refractivity contribution in [2.75, 3.05) is 19.8 Å². The van der Waals surface area contributed by atoms with E-state index in [9.17, 15) is 18.5 Å². The van der Waals surface area contributed by atoms with Crippen LogP contribution in [0, 0.1) is 16.0 Å². The summed E-state index contributed by atoms with van der Waals surface area (Å²) in [7, 11) is -4.09. The summed E-state index contributed by atoms with van der Waals surface area (Å²) >= 11 is 0. The number of hydrogen-bond acceptors (Lipinski definition) is 7. The highest BCUT2D eigenvalue weighted by atomic mass is 35.5. The van der Waals surface area contributed by atoms with Crippen LogP contribution in [-0.2, 0) is 10.0 Å². The Labute approximate surface area is 157 Å². The smallest absolute Gasteiger partial charge is 0.293 e. The van der Waals surface area contributed by atoms with E-state index in [1.165, 1.54) is 0 Å². The average Bonchev–Trinajstić information content (AvgIpc) is 2.60. The van der Waals surface area contributed by atoms with Gasteiger partial charge in [0, 0.05) is 12.1 Å². The molecule has 26 heavy (non-hydrogen) atoms. The maximum absolute atomic E-state index is 12.8. The quantitative estimate of drug-likeness (QED) is 0.559. The van der Waals surface area contributed by atoms with Crippen molar-refractivity contribution in [3.63, 3.8) is 0 Å². The average molecular weight is 408 g/mol. The van der Waals surface area contributed by atoms with Crippen LogP contribution in [0.1, 0.15) is 25.7 Å². The Morgan fingerprint density at radius 1 is 1.19 bits per heavy atom. The molecule has 9 nitrogen and oxygen atoms in total. The fourth-order valence-electron chi connectivity index (χ4n) is 3.33. The summed E-state index contributed by atoms with van der Waals surface area (Å²) in [4.78, 5) is 10.2. The summed E-state index contributed by atoms with van der Waals surface area (Å²) in [5.41, 5.74) is 5.21. The summed E-state index contributed by atoms with van der Waals surface area (Å²) in [6.07, 6.45) is 3.41. The topological polar surface area (TPSA) is 134 Å². The summed E-state index contributed by atoms with van der Waals surface area (Å²) < 4.78 is 38.9. The molecule has 2 unspecified atom stereocenters. The number of nitrogens with zero attached hydrogens (tertiary/aromatic N) is 1. The summed E-state index contributed by atoms with van der Waals surface area (Å²) in [5, 5.41) is 11.4. The van der Waals surface area contributed by atoms with Gasteiger partial charge in [0.05, 0.1) is 11.0 Å². The molecule has 1 aliphatic carbocycles. The number of ether oxygens (including phenoxy) is 2. The van der Waals surface area contributed by atoms with E-state index >= 15 is 0 Å². The molecule has 2 atom stereocenters. The standard InChI is InChI=1S/C15H21N3O6S.ClH/c16-9-10-3-1-2-4-11(10)17-25(21,22)15-8-14-13(23-5-6-24-14)7-12(15)18(19)20;/h7-8,10-11,17H,1-6,9,16H2;1H. The minimum atomic E-state index is -4.09. The lowest BCUT2D eigenvalue weighted by Crippen LogP contribution is -2.44. The zero-order valence-electron chi connectivity index (χ0n) is 14.0. The molecule has 1 fully saturated rings. The van der Waals surface area contributed by atoms with Crippen LogP contribution in [0.3, 0.4) is 0 Å². The second kappa shape index (κ2) is 8.38. The van der Waals surface area contributed by atoms with Crippen molar-refractivity contribution in [2.45, 2.75) is 36.6 Å². The van der Waals surface area contributed by atoms with Gasteiger partial charge < -0.3 is 15.2 Å². The number of halogens is 1. The lowest BCUT2D eigenvalue weighted by atomic mass is 9.85. The molecule has 1 aromatic rings. The third-order valence-electron chi connectivity index (χ3n) is 4.63. The molecule has 0 spiro atoms. The molecule has 1 aliphatic heterocycles. The molecule has 3 rings (SSSR count). The molecule has 146 valence electrons. The predicted octanol–water partition coefficient (Wildman–Crippen LogP) is 1.58. The zero-order valence-corrected chi connectivity index (χ0v) is 15.7. The van der Waals surface area contributed by atoms with Gasteiger partial charge in [0.25, 0.3) is 5.69 Å². The van der Waals surface area contributed by atoms with Crippen LogP contribution in [-0.4, -0.2) is 39.1 Å². The molecule has 0 radical (unpaired) electrons. The van der Waals surface area contributed by atoms with E-state index in [0.29, 0.717) is 13.0 Å². The van der Waals surface area contributed by atoms with Crippen molar-refractivity contribution in [3.8, 4) is 11.5 Å². The van der Waals surface area contributed by atoms with E-state index in [0.717, 1.165) is 31.4 Å². The zero-order chi connectivity index (χ0) is 18.0. The number of fused-ring (bicyclic) bond motifs is 1. The van der Waals surface area contributed by atoms with E-state index in [-0.39, 0.29) is 49.1 Å². The molecule has 0 saturated heterocycles. The minimum absolute atomic E-state index is 0. The van der Waals surface area contributed by atoms with Crippen LogP contribution >= 0.6 is 12.4 Å². The van der Waals surface area contributed by atoms with Gasteiger partial charge in [-0.1, -0.05) is 12.8 Å². The Bertz CT molecular complexity index is 773. The molecule has 11 heteroatoms. The van der Waals surface area contributed by atoms with E-state index < -0.39 is 25.5 Å². The van der Waals surface area contributed by atoms with Crippen LogP contribution in [0.5, 0.6) is 11.5 Å². The molecule has 0 bridgehead atoms. The second-order valence-electron chi connectivity index (χ2n) is 6.23. The third kappa shape index (κ3) is 4.20. The molecule has 1 heterocycles. The van der Waals surface area contributed by atoms with Crippen molar-refractivity contribution in [3.05, 3.63) is 22.2 Å². The normalized spacial score (nSPS) is 22.3. The highest BCUT2D eigenvalue weighted by Gasteiger charge is 2.34. The van der Waals surface area contributed by atoms with Gasteiger partial charge in [0.1, 0.15) is 13.2 Å². The second-order valence-corrected chi connectivity index (χ2v) is 7.91. The van der Waals surface area contributed by atoms with Crippen molar-refractivity contribution < 1.29 is 22.8 Å². The molecule has 2 aliphatic rings. The lowest BCUT2D eigenvalue weighted by molar-refractivity contribution is -0.388. The van der Waals surface area contributed by atoms with E-state index in [1.54, 1.807) is 0 Å². The van der Waals surface area contributed by atoms with Crippen molar-refractivity contribution in [1.29, 1.82) is 0 Å². The van der Waals surface area contributed by atoms with Gasteiger partial charge in [-0.15, -0.1) is 12.4 Å². The Kier molecular flexibility index (Phi) is 6.67. The van der Waals surface area contributed by atoms with Gasteiger partial charge in [-0.25, -0.2) is 13.1 Å². The third-order valence-corrected chi connectivity index (χ3v) is 6.15. The summed E-state index contributed by atoms with van der Waals surface area (Å²) in [6, 6.07) is 1.94. The van der Waals surface area contributed by atoms with E-state index in [4.69, 9.17) is 15.2 Å². The summed E-state index contributed by atoms with van der Waals surface area (Å²) in [6.45, 7) is 0.890. The van der Waals surface area contributed by atoms with Gasteiger partial charge in [-0.05, 0) is 25.3 Å². The van der Waals surface area contributed by atoms with Gasteiger partial charge in [-0.2, -0.15) is 0 Å². The summed E-state index contributed by atoms with van der Waals surface area (Å²) in [5.74, 6) is 0.394. The lowest BCUT2D eigenvalue weighted by Gasteiger charge is -2.31. The number of nitrogens with one attached hydrogen (secondary N) is 1. The van der Waals surface area contributed by atoms with E-state index in [1.807, 2.05) is 0 Å². The van der Waals surface area contributed by atoms with Crippen LogP contribution < -0.4 is 19.9 Å². The first kappa shape index (κ1) is 20.7.